The molecule has 0 aliphatic rings. The zero-order valence-electron chi connectivity index (χ0n) is 17.3. The summed E-state index contributed by atoms with van der Waals surface area (Å²) < 4.78 is 5.41. The van der Waals surface area contributed by atoms with E-state index in [0.717, 1.165) is 24.1 Å². The maximum atomic E-state index is 12.2. The Balaban J connectivity index is 2.83. The third-order valence-corrected chi connectivity index (χ3v) is 8.52. The highest BCUT2D eigenvalue weighted by atomic mass is 28.4. The molecule has 0 saturated carbocycles. The quantitative estimate of drug-likeness (QED) is 0.481. The van der Waals surface area contributed by atoms with Crippen LogP contribution in [0.3, 0.4) is 0 Å². The number of nitrogens with one attached hydrogen (secondary N) is 1. The second-order valence-corrected chi connectivity index (χ2v) is 13.7. The number of anilines is 1. The van der Waals surface area contributed by atoms with Crippen LogP contribution in [0.15, 0.2) is 24.3 Å². The Hall–Kier alpha value is -1.53. The fourth-order valence-corrected chi connectivity index (χ4v) is 3.23. The van der Waals surface area contributed by atoms with Crippen molar-refractivity contribution in [2.45, 2.75) is 83.7 Å². The molecule has 1 amide bonds. The molecule has 0 heterocycles. The molecular weight excluding hydrogens is 344 g/mol. The van der Waals surface area contributed by atoms with E-state index in [9.17, 15) is 9.59 Å². The summed E-state index contributed by atoms with van der Waals surface area (Å²) in [7, 11) is -2.29. The van der Waals surface area contributed by atoms with E-state index in [1.54, 1.807) is 0 Å². The average Bonchev–Trinajstić information content (AvgIpc) is 2.44. The lowest BCUT2D eigenvalue weighted by atomic mass is 9.97. The van der Waals surface area contributed by atoms with Gasteiger partial charge in [0.2, 0.25) is 0 Å². The van der Waals surface area contributed by atoms with Crippen molar-refractivity contribution in [3.05, 3.63) is 29.8 Å². The molecule has 1 atom stereocenters. The number of carbonyl (C=O) groups is 1. The standard InChI is InChI=1S/C20H36N2O3Si/c1-19(2,3)25-18(23)22-17(12-13-20(4,5)26(6,7)24)14-15-8-10-16(21)11-9-15/h8-11,17,24H,12-14,21H2,1-7H3,(H,22,23)/t17-/m1/s1. The van der Waals surface area contributed by atoms with Crippen molar-refractivity contribution in [1.29, 1.82) is 0 Å². The summed E-state index contributed by atoms with van der Waals surface area (Å²) in [5.74, 6) is 0. The molecule has 0 unspecified atom stereocenters. The van der Waals surface area contributed by atoms with Gasteiger partial charge in [0.15, 0.2) is 8.32 Å². The summed E-state index contributed by atoms with van der Waals surface area (Å²) in [6, 6.07) is 7.63. The van der Waals surface area contributed by atoms with Gasteiger partial charge in [-0.05, 0) is 75.9 Å². The van der Waals surface area contributed by atoms with E-state index in [4.69, 9.17) is 10.5 Å². The highest BCUT2D eigenvalue weighted by molar-refractivity contribution is 6.72. The molecule has 0 spiro atoms. The van der Waals surface area contributed by atoms with Gasteiger partial charge in [0, 0.05) is 11.7 Å². The lowest BCUT2D eigenvalue weighted by Gasteiger charge is -2.36. The molecule has 0 aromatic heterocycles. The van der Waals surface area contributed by atoms with Gasteiger partial charge in [-0.2, -0.15) is 0 Å². The number of alkyl carbamates (subject to hydrolysis) is 1. The Morgan fingerprint density at radius 2 is 1.73 bits per heavy atom. The minimum Gasteiger partial charge on any atom is -0.444 e. The number of rotatable bonds is 7. The van der Waals surface area contributed by atoms with E-state index in [1.165, 1.54) is 0 Å². The number of hydrogen-bond donors (Lipinski definition) is 3. The number of hydrogen-bond acceptors (Lipinski definition) is 4. The van der Waals surface area contributed by atoms with Crippen LogP contribution < -0.4 is 11.1 Å². The van der Waals surface area contributed by atoms with Crippen LogP contribution in [-0.4, -0.2) is 30.8 Å². The number of benzene rings is 1. The molecule has 0 aliphatic carbocycles. The summed E-state index contributed by atoms with van der Waals surface area (Å²) in [6.07, 6.45) is 1.89. The van der Waals surface area contributed by atoms with Gasteiger partial charge in [-0.1, -0.05) is 26.0 Å². The number of nitrogens with two attached hydrogens (primary N) is 1. The minimum atomic E-state index is -2.29. The van der Waals surface area contributed by atoms with E-state index < -0.39 is 20.0 Å². The smallest absolute Gasteiger partial charge is 0.407 e. The molecule has 0 fully saturated rings. The van der Waals surface area contributed by atoms with Crippen LogP contribution in [0.5, 0.6) is 0 Å². The van der Waals surface area contributed by atoms with Crippen LogP contribution in [0.1, 0.15) is 53.0 Å². The molecule has 1 aromatic rings. The minimum absolute atomic E-state index is 0.0656. The van der Waals surface area contributed by atoms with Gasteiger partial charge in [0.05, 0.1) is 0 Å². The number of amides is 1. The summed E-state index contributed by atoms with van der Waals surface area (Å²) in [5.41, 5.74) is 7.06. The van der Waals surface area contributed by atoms with Crippen LogP contribution in [-0.2, 0) is 11.2 Å². The van der Waals surface area contributed by atoms with Gasteiger partial charge >= 0.3 is 6.09 Å². The maximum Gasteiger partial charge on any atom is 0.407 e. The van der Waals surface area contributed by atoms with Crippen molar-refractivity contribution in [2.24, 2.45) is 0 Å². The zero-order chi connectivity index (χ0) is 20.2. The largest absolute Gasteiger partial charge is 0.444 e. The molecular formula is C20H36N2O3Si. The van der Waals surface area contributed by atoms with Crippen molar-refractivity contribution in [3.63, 3.8) is 0 Å². The molecule has 6 heteroatoms. The van der Waals surface area contributed by atoms with E-state index in [-0.39, 0.29) is 11.1 Å². The molecule has 0 bridgehead atoms. The average molecular weight is 381 g/mol. The van der Waals surface area contributed by atoms with Crippen LogP contribution in [0.4, 0.5) is 10.5 Å². The summed E-state index contributed by atoms with van der Waals surface area (Å²) in [6.45, 7) is 13.7. The second kappa shape index (κ2) is 8.44. The van der Waals surface area contributed by atoms with Crippen LogP contribution in [0, 0.1) is 0 Å². The maximum absolute atomic E-state index is 12.2. The molecule has 4 N–H and O–H groups in total. The van der Waals surface area contributed by atoms with E-state index in [2.05, 4.69) is 19.2 Å². The van der Waals surface area contributed by atoms with Gasteiger partial charge < -0.3 is 20.6 Å². The third kappa shape index (κ3) is 7.79. The van der Waals surface area contributed by atoms with Crippen molar-refractivity contribution >= 4 is 20.1 Å². The SMILES string of the molecule is CC(C)(C)OC(=O)N[C@H](CCC(C)(C)[Si](C)(C)O)Cc1ccc(N)cc1. The Bertz CT molecular complexity index is 587. The first kappa shape index (κ1) is 22.5. The van der Waals surface area contributed by atoms with Gasteiger partial charge in [0.1, 0.15) is 5.60 Å². The fourth-order valence-electron chi connectivity index (χ4n) is 2.48. The summed E-state index contributed by atoms with van der Waals surface area (Å²) in [4.78, 5) is 22.8. The first-order chi connectivity index (χ1) is 11.7. The molecule has 1 aromatic carbocycles. The van der Waals surface area contributed by atoms with Crippen LogP contribution in [0.25, 0.3) is 0 Å². The summed E-state index contributed by atoms with van der Waals surface area (Å²) in [5, 5.41) is 2.87. The highest BCUT2D eigenvalue weighted by Crippen LogP contribution is 2.40. The van der Waals surface area contributed by atoms with Gasteiger partial charge in [-0.15, -0.1) is 0 Å². The lowest BCUT2D eigenvalue weighted by molar-refractivity contribution is 0.0500. The first-order valence-corrected chi connectivity index (χ1v) is 12.2. The first-order valence-electron chi connectivity index (χ1n) is 9.26. The van der Waals surface area contributed by atoms with E-state index in [0.29, 0.717) is 6.42 Å². The second-order valence-electron chi connectivity index (χ2n) is 9.27. The molecule has 0 radical (unpaired) electrons. The van der Waals surface area contributed by atoms with Crippen molar-refractivity contribution in [3.8, 4) is 0 Å². The normalized spacial score (nSPS) is 14.0. The van der Waals surface area contributed by atoms with Crippen LogP contribution >= 0.6 is 0 Å². The number of nitrogen functional groups attached to an aromatic ring is 1. The molecule has 0 saturated heterocycles. The number of ether oxygens (including phenoxy) is 1. The van der Waals surface area contributed by atoms with Gasteiger partial charge in [-0.25, -0.2) is 4.79 Å². The molecule has 5 nitrogen and oxygen atoms in total. The Labute approximate surface area is 159 Å². The monoisotopic (exact) mass is 380 g/mol. The Morgan fingerprint density at radius 3 is 2.19 bits per heavy atom. The predicted octanol–water partition coefficient (Wildman–Crippen LogP) is 4.46. The highest BCUT2D eigenvalue weighted by Gasteiger charge is 2.38. The number of carbonyl (C=O) groups excluding carboxylic acids is 1. The topological polar surface area (TPSA) is 84.6 Å². The van der Waals surface area contributed by atoms with Crippen molar-refractivity contribution in [1.82, 2.24) is 5.32 Å². The van der Waals surface area contributed by atoms with Crippen molar-refractivity contribution in [2.75, 3.05) is 5.73 Å². The summed E-state index contributed by atoms with van der Waals surface area (Å²) >= 11 is 0. The Morgan fingerprint density at radius 1 is 1.19 bits per heavy atom. The van der Waals surface area contributed by atoms with Gasteiger partial charge in [-0.3, -0.25) is 0 Å². The van der Waals surface area contributed by atoms with E-state index in [1.807, 2.05) is 58.1 Å². The lowest BCUT2D eigenvalue weighted by Crippen LogP contribution is -2.43. The molecule has 148 valence electrons. The van der Waals surface area contributed by atoms with Crippen LogP contribution in [0.2, 0.25) is 18.1 Å². The van der Waals surface area contributed by atoms with E-state index >= 15 is 0 Å². The zero-order valence-corrected chi connectivity index (χ0v) is 18.3. The predicted molar refractivity (Wildman–Crippen MR) is 111 cm³/mol. The third-order valence-electron chi connectivity index (χ3n) is 4.96. The van der Waals surface area contributed by atoms with Crippen molar-refractivity contribution < 1.29 is 14.3 Å². The van der Waals surface area contributed by atoms with Gasteiger partial charge in [0.25, 0.3) is 0 Å². The fraction of sp³-hybridized carbons (Fsp3) is 0.650. The molecule has 0 aliphatic heterocycles. The Kier molecular flexibility index (Phi) is 7.30. The molecule has 26 heavy (non-hydrogen) atoms. The molecule has 1 rings (SSSR count).